The third-order valence-electron chi connectivity index (χ3n) is 4.41. The SMILES string of the molecule is CCn1cc(CN2CCN(C(=O)c3nn(C)cc3Cl)CC2)c(C)n1. The van der Waals surface area contributed by atoms with E-state index in [9.17, 15) is 4.79 Å². The number of aromatic nitrogens is 4. The minimum Gasteiger partial charge on any atom is -0.335 e. The van der Waals surface area contributed by atoms with E-state index in [0.717, 1.165) is 31.9 Å². The summed E-state index contributed by atoms with van der Waals surface area (Å²) in [6, 6.07) is 0. The normalized spacial score (nSPS) is 15.9. The predicted molar refractivity (Wildman–Crippen MR) is 92.0 cm³/mol. The van der Waals surface area contributed by atoms with Gasteiger partial charge in [0, 0.05) is 64.3 Å². The first-order chi connectivity index (χ1) is 11.5. The van der Waals surface area contributed by atoms with Gasteiger partial charge >= 0.3 is 0 Å². The number of hydrogen-bond donors (Lipinski definition) is 0. The van der Waals surface area contributed by atoms with Gasteiger partial charge in [-0.15, -0.1) is 0 Å². The number of piperazine rings is 1. The Morgan fingerprint density at radius 1 is 1.21 bits per heavy atom. The molecule has 8 heteroatoms. The number of nitrogens with zero attached hydrogens (tertiary/aromatic N) is 6. The van der Waals surface area contributed by atoms with Crippen molar-refractivity contribution < 1.29 is 4.79 Å². The molecule has 0 spiro atoms. The first kappa shape index (κ1) is 17.0. The van der Waals surface area contributed by atoms with Gasteiger partial charge in [0.15, 0.2) is 5.69 Å². The monoisotopic (exact) mass is 350 g/mol. The molecule has 3 heterocycles. The molecule has 0 aliphatic carbocycles. The van der Waals surface area contributed by atoms with Gasteiger partial charge in [0.2, 0.25) is 0 Å². The summed E-state index contributed by atoms with van der Waals surface area (Å²) in [7, 11) is 1.76. The van der Waals surface area contributed by atoms with Crippen LogP contribution in [0.2, 0.25) is 5.02 Å². The van der Waals surface area contributed by atoms with E-state index < -0.39 is 0 Å². The zero-order valence-electron chi connectivity index (χ0n) is 14.4. The van der Waals surface area contributed by atoms with Crippen molar-refractivity contribution in [2.75, 3.05) is 26.2 Å². The van der Waals surface area contributed by atoms with Gasteiger partial charge in [-0.1, -0.05) is 11.6 Å². The number of carbonyl (C=O) groups excluding carboxylic acids is 1. The first-order valence-electron chi connectivity index (χ1n) is 8.21. The van der Waals surface area contributed by atoms with Gasteiger partial charge in [-0.05, 0) is 13.8 Å². The van der Waals surface area contributed by atoms with Crippen LogP contribution >= 0.6 is 11.6 Å². The standard InChI is InChI=1S/C16H23ClN6O/c1-4-23-10-13(12(2)18-23)9-21-5-7-22(8-6-21)16(24)15-14(17)11-20(3)19-15/h10-11H,4-9H2,1-3H3. The van der Waals surface area contributed by atoms with Crippen LogP contribution in [0, 0.1) is 6.92 Å². The molecule has 1 amide bonds. The second kappa shape index (κ2) is 6.94. The molecule has 7 nitrogen and oxygen atoms in total. The van der Waals surface area contributed by atoms with Crippen LogP contribution in [0.25, 0.3) is 0 Å². The summed E-state index contributed by atoms with van der Waals surface area (Å²) in [5, 5.41) is 9.06. The lowest BCUT2D eigenvalue weighted by Crippen LogP contribution is -2.48. The Kier molecular flexibility index (Phi) is 4.91. The van der Waals surface area contributed by atoms with Crippen LogP contribution in [0.15, 0.2) is 12.4 Å². The number of hydrogen-bond acceptors (Lipinski definition) is 4. The molecule has 2 aromatic heterocycles. The topological polar surface area (TPSA) is 59.2 Å². The summed E-state index contributed by atoms with van der Waals surface area (Å²) >= 11 is 6.08. The third kappa shape index (κ3) is 3.47. The van der Waals surface area contributed by atoms with E-state index in [1.54, 1.807) is 17.9 Å². The number of halogens is 1. The van der Waals surface area contributed by atoms with Gasteiger partial charge in [0.25, 0.3) is 5.91 Å². The molecule has 1 saturated heterocycles. The molecule has 0 N–H and O–H groups in total. The summed E-state index contributed by atoms with van der Waals surface area (Å²) in [6.45, 7) is 8.94. The summed E-state index contributed by atoms with van der Waals surface area (Å²) < 4.78 is 3.54. The van der Waals surface area contributed by atoms with Crippen molar-refractivity contribution in [3.8, 4) is 0 Å². The van der Waals surface area contributed by atoms with Crippen molar-refractivity contribution in [2.24, 2.45) is 7.05 Å². The lowest BCUT2D eigenvalue weighted by atomic mass is 10.2. The van der Waals surface area contributed by atoms with Crippen molar-refractivity contribution in [1.29, 1.82) is 0 Å². The van der Waals surface area contributed by atoms with Gasteiger partial charge < -0.3 is 4.90 Å². The Bertz CT molecular complexity index is 729. The minimum atomic E-state index is -0.0877. The third-order valence-corrected chi connectivity index (χ3v) is 4.69. The summed E-state index contributed by atoms with van der Waals surface area (Å²) in [4.78, 5) is 16.7. The van der Waals surface area contributed by atoms with Crippen LogP contribution in [0.4, 0.5) is 0 Å². The van der Waals surface area contributed by atoms with E-state index in [-0.39, 0.29) is 5.91 Å². The Morgan fingerprint density at radius 2 is 1.92 bits per heavy atom. The maximum Gasteiger partial charge on any atom is 0.276 e. The molecule has 0 saturated carbocycles. The molecule has 1 aliphatic rings. The van der Waals surface area contributed by atoms with Gasteiger partial charge in [-0.3, -0.25) is 19.1 Å². The van der Waals surface area contributed by atoms with E-state index in [1.807, 2.05) is 16.5 Å². The van der Waals surface area contributed by atoms with Crippen LogP contribution in [0.1, 0.15) is 28.7 Å². The van der Waals surface area contributed by atoms with Crippen molar-refractivity contribution >= 4 is 17.5 Å². The average molecular weight is 351 g/mol. The lowest BCUT2D eigenvalue weighted by molar-refractivity contribution is 0.0622. The quantitative estimate of drug-likeness (QED) is 0.839. The molecule has 2 aromatic rings. The maximum absolute atomic E-state index is 12.5. The van der Waals surface area contributed by atoms with Crippen LogP contribution in [0.3, 0.4) is 0 Å². The smallest absolute Gasteiger partial charge is 0.276 e. The fourth-order valence-electron chi connectivity index (χ4n) is 2.98. The molecule has 0 atom stereocenters. The number of aryl methyl sites for hydroxylation is 3. The van der Waals surface area contributed by atoms with Crippen LogP contribution in [-0.4, -0.2) is 61.4 Å². The molecule has 24 heavy (non-hydrogen) atoms. The highest BCUT2D eigenvalue weighted by atomic mass is 35.5. The number of amides is 1. The zero-order chi connectivity index (χ0) is 17.3. The van der Waals surface area contributed by atoms with Crippen molar-refractivity contribution in [3.63, 3.8) is 0 Å². The zero-order valence-corrected chi connectivity index (χ0v) is 15.1. The maximum atomic E-state index is 12.5. The second-order valence-corrected chi connectivity index (χ2v) is 6.57. The molecule has 0 unspecified atom stereocenters. The lowest BCUT2D eigenvalue weighted by Gasteiger charge is -2.34. The van der Waals surface area contributed by atoms with E-state index in [0.29, 0.717) is 23.8 Å². The number of rotatable bonds is 4. The Hall–Kier alpha value is -1.86. The first-order valence-corrected chi connectivity index (χ1v) is 8.59. The van der Waals surface area contributed by atoms with Crippen LogP contribution in [0.5, 0.6) is 0 Å². The molecule has 130 valence electrons. The second-order valence-electron chi connectivity index (χ2n) is 6.16. The molecular formula is C16H23ClN6O. The van der Waals surface area contributed by atoms with Gasteiger partial charge in [-0.2, -0.15) is 10.2 Å². The van der Waals surface area contributed by atoms with E-state index in [2.05, 4.69) is 28.2 Å². The van der Waals surface area contributed by atoms with Crippen LogP contribution < -0.4 is 0 Å². The Balaban J connectivity index is 1.58. The van der Waals surface area contributed by atoms with E-state index >= 15 is 0 Å². The van der Waals surface area contributed by atoms with Crippen molar-refractivity contribution in [2.45, 2.75) is 26.9 Å². The largest absolute Gasteiger partial charge is 0.335 e. The van der Waals surface area contributed by atoms with Crippen LogP contribution in [-0.2, 0) is 20.1 Å². The highest BCUT2D eigenvalue weighted by molar-refractivity contribution is 6.33. The Morgan fingerprint density at radius 3 is 2.46 bits per heavy atom. The molecule has 3 rings (SSSR count). The molecule has 1 aliphatic heterocycles. The summed E-state index contributed by atoms with van der Waals surface area (Å²) in [5.74, 6) is -0.0877. The molecule has 1 fully saturated rings. The van der Waals surface area contributed by atoms with E-state index in [1.165, 1.54) is 5.56 Å². The molecular weight excluding hydrogens is 328 g/mol. The Labute approximate surface area is 146 Å². The molecule has 0 bridgehead atoms. The summed E-state index contributed by atoms with van der Waals surface area (Å²) in [5.41, 5.74) is 2.67. The highest BCUT2D eigenvalue weighted by Gasteiger charge is 2.26. The fourth-order valence-corrected chi connectivity index (χ4v) is 3.24. The van der Waals surface area contributed by atoms with Crippen molar-refractivity contribution in [3.05, 3.63) is 34.4 Å². The average Bonchev–Trinajstić information content (AvgIpc) is 3.09. The van der Waals surface area contributed by atoms with Crippen molar-refractivity contribution in [1.82, 2.24) is 29.4 Å². The molecule has 0 aromatic carbocycles. The summed E-state index contributed by atoms with van der Waals surface area (Å²) in [6.07, 6.45) is 3.76. The number of carbonyl (C=O) groups is 1. The molecule has 0 radical (unpaired) electrons. The van der Waals surface area contributed by atoms with Gasteiger partial charge in [0.1, 0.15) is 0 Å². The van der Waals surface area contributed by atoms with E-state index in [4.69, 9.17) is 11.6 Å². The minimum absolute atomic E-state index is 0.0877. The highest BCUT2D eigenvalue weighted by Crippen LogP contribution is 2.17. The van der Waals surface area contributed by atoms with Gasteiger partial charge in [0.05, 0.1) is 10.7 Å². The van der Waals surface area contributed by atoms with Gasteiger partial charge in [-0.25, -0.2) is 0 Å². The predicted octanol–water partition coefficient (Wildman–Crippen LogP) is 1.56. The fraction of sp³-hybridized carbons (Fsp3) is 0.562.